The number of aromatic nitrogens is 1. The maximum Gasteiger partial charge on any atom is 0.309 e. The number of ether oxygens (including phenoxy) is 1. The van der Waals surface area contributed by atoms with Crippen LogP contribution in [-0.4, -0.2) is 11.0 Å². The van der Waals surface area contributed by atoms with Crippen LogP contribution in [0.4, 0.5) is 0 Å². The van der Waals surface area contributed by atoms with Gasteiger partial charge in [-0.1, -0.05) is 20.8 Å². The highest BCUT2D eigenvalue weighted by molar-refractivity contribution is 5.72. The first-order valence-corrected chi connectivity index (χ1v) is 7.87. The third kappa shape index (κ3) is 4.08. The van der Waals surface area contributed by atoms with Crippen LogP contribution in [0, 0.1) is 31.1 Å². The Balaban J connectivity index is 1.80. The summed E-state index contributed by atoms with van der Waals surface area (Å²) in [6, 6.07) is 0. The summed E-state index contributed by atoms with van der Waals surface area (Å²) in [5, 5.41) is 0. The van der Waals surface area contributed by atoms with Crippen molar-refractivity contribution in [1.29, 1.82) is 0 Å². The van der Waals surface area contributed by atoms with Gasteiger partial charge in [-0.25, -0.2) is 4.98 Å². The van der Waals surface area contributed by atoms with E-state index in [0.29, 0.717) is 17.2 Å². The molecule has 0 saturated heterocycles. The molecule has 1 heterocycles. The number of nitrogens with zero attached hydrogens (tertiary/aromatic N) is 1. The average molecular weight is 293 g/mol. The van der Waals surface area contributed by atoms with Gasteiger partial charge in [0.05, 0.1) is 11.6 Å². The van der Waals surface area contributed by atoms with E-state index in [1.165, 1.54) is 0 Å². The third-order valence-electron chi connectivity index (χ3n) is 4.70. The summed E-state index contributed by atoms with van der Waals surface area (Å²) < 4.78 is 10.8. The molecule has 4 nitrogen and oxygen atoms in total. The molecule has 0 bridgehead atoms. The van der Waals surface area contributed by atoms with Gasteiger partial charge in [0.2, 0.25) is 5.89 Å². The van der Waals surface area contributed by atoms with Crippen LogP contribution in [0.3, 0.4) is 0 Å². The summed E-state index contributed by atoms with van der Waals surface area (Å²) in [4.78, 5) is 16.4. The summed E-state index contributed by atoms with van der Waals surface area (Å²) in [7, 11) is 0. The molecule has 1 aliphatic carbocycles. The Bertz CT molecular complexity index is 471. The summed E-state index contributed by atoms with van der Waals surface area (Å²) in [5.74, 6) is 1.92. The van der Waals surface area contributed by atoms with Crippen molar-refractivity contribution in [2.75, 3.05) is 0 Å². The van der Waals surface area contributed by atoms with Gasteiger partial charge in [0.15, 0.2) is 6.61 Å². The predicted octanol–water partition coefficient (Wildman–Crippen LogP) is 4.19. The van der Waals surface area contributed by atoms with Crippen LogP contribution in [0.2, 0.25) is 0 Å². The van der Waals surface area contributed by atoms with Crippen molar-refractivity contribution in [2.45, 2.75) is 66.9 Å². The van der Waals surface area contributed by atoms with Crippen molar-refractivity contribution in [3.63, 3.8) is 0 Å². The van der Waals surface area contributed by atoms with Crippen molar-refractivity contribution in [3.8, 4) is 0 Å². The number of aryl methyl sites for hydroxylation is 2. The second kappa shape index (κ2) is 6.20. The lowest BCUT2D eigenvalue weighted by Crippen LogP contribution is -2.29. The van der Waals surface area contributed by atoms with E-state index >= 15 is 0 Å². The molecule has 0 radical (unpaired) electrons. The fraction of sp³-hybridized carbons (Fsp3) is 0.765. The first kappa shape index (κ1) is 16.1. The molecule has 1 aromatic rings. The highest BCUT2D eigenvalue weighted by Crippen LogP contribution is 2.40. The van der Waals surface area contributed by atoms with Crippen LogP contribution in [0.15, 0.2) is 4.42 Å². The Kier molecular flexibility index (Phi) is 4.74. The first-order valence-electron chi connectivity index (χ1n) is 7.87. The Morgan fingerprint density at radius 1 is 1.24 bits per heavy atom. The Morgan fingerprint density at radius 3 is 2.33 bits per heavy atom. The monoisotopic (exact) mass is 293 g/mol. The molecule has 0 spiro atoms. The minimum Gasteiger partial charge on any atom is -0.455 e. The normalized spacial score (nSPS) is 23.1. The maximum absolute atomic E-state index is 12.1. The Morgan fingerprint density at radius 2 is 1.86 bits per heavy atom. The minimum absolute atomic E-state index is 0.0424. The van der Waals surface area contributed by atoms with Crippen molar-refractivity contribution >= 4 is 5.97 Å². The molecule has 0 aromatic carbocycles. The fourth-order valence-corrected chi connectivity index (χ4v) is 3.05. The molecular formula is C17H27NO3. The number of carbonyl (C=O) groups excluding carboxylic acids is 1. The second-order valence-electron chi connectivity index (χ2n) is 7.27. The lowest BCUT2D eigenvalue weighted by atomic mass is 9.70. The molecule has 1 fully saturated rings. The van der Waals surface area contributed by atoms with Crippen molar-refractivity contribution in [2.24, 2.45) is 17.3 Å². The van der Waals surface area contributed by atoms with Crippen LogP contribution < -0.4 is 0 Å². The molecular weight excluding hydrogens is 266 g/mol. The molecule has 0 amide bonds. The van der Waals surface area contributed by atoms with E-state index in [9.17, 15) is 4.79 Å². The van der Waals surface area contributed by atoms with Gasteiger partial charge >= 0.3 is 5.97 Å². The highest BCUT2D eigenvalue weighted by atomic mass is 16.5. The van der Waals surface area contributed by atoms with Crippen LogP contribution >= 0.6 is 0 Å². The zero-order chi connectivity index (χ0) is 15.6. The van der Waals surface area contributed by atoms with E-state index in [1.807, 2.05) is 13.8 Å². The number of carbonyl (C=O) groups is 1. The molecule has 118 valence electrons. The fourth-order valence-electron chi connectivity index (χ4n) is 3.05. The predicted molar refractivity (Wildman–Crippen MR) is 80.7 cm³/mol. The number of rotatable bonds is 3. The average Bonchev–Trinajstić information content (AvgIpc) is 2.74. The van der Waals surface area contributed by atoms with Crippen molar-refractivity contribution < 1.29 is 13.9 Å². The molecule has 1 saturated carbocycles. The van der Waals surface area contributed by atoms with Gasteiger partial charge in [0.1, 0.15) is 5.76 Å². The second-order valence-corrected chi connectivity index (χ2v) is 7.27. The van der Waals surface area contributed by atoms with E-state index in [2.05, 4.69) is 25.8 Å². The molecule has 4 heteroatoms. The van der Waals surface area contributed by atoms with Gasteiger partial charge < -0.3 is 9.15 Å². The topological polar surface area (TPSA) is 52.3 Å². The zero-order valence-electron chi connectivity index (χ0n) is 13.9. The molecule has 0 N–H and O–H groups in total. The number of hydrogen-bond donors (Lipinski definition) is 0. The lowest BCUT2D eigenvalue weighted by molar-refractivity contribution is -0.152. The van der Waals surface area contributed by atoms with Gasteiger partial charge in [-0.05, 0) is 50.9 Å². The third-order valence-corrected chi connectivity index (χ3v) is 4.70. The van der Waals surface area contributed by atoms with Gasteiger partial charge in [-0.2, -0.15) is 0 Å². The molecule has 21 heavy (non-hydrogen) atoms. The molecule has 0 aliphatic heterocycles. The van der Waals surface area contributed by atoms with Gasteiger partial charge in [0.25, 0.3) is 0 Å². The summed E-state index contributed by atoms with van der Waals surface area (Å²) >= 11 is 0. The van der Waals surface area contributed by atoms with Crippen LogP contribution in [0.1, 0.15) is 63.8 Å². The summed E-state index contributed by atoms with van der Waals surface area (Å²) in [6.45, 7) is 10.7. The van der Waals surface area contributed by atoms with E-state index in [0.717, 1.165) is 37.1 Å². The zero-order valence-corrected chi connectivity index (χ0v) is 13.9. The van der Waals surface area contributed by atoms with Crippen molar-refractivity contribution in [3.05, 3.63) is 17.3 Å². The smallest absolute Gasteiger partial charge is 0.309 e. The van der Waals surface area contributed by atoms with Gasteiger partial charge in [0, 0.05) is 0 Å². The molecule has 0 atom stereocenters. The van der Waals surface area contributed by atoms with E-state index in [4.69, 9.17) is 9.15 Å². The molecule has 2 rings (SSSR count). The molecule has 1 aromatic heterocycles. The Labute approximate surface area is 127 Å². The van der Waals surface area contributed by atoms with E-state index in [1.54, 1.807) is 0 Å². The van der Waals surface area contributed by atoms with Crippen molar-refractivity contribution in [1.82, 2.24) is 4.98 Å². The van der Waals surface area contributed by atoms with Gasteiger partial charge in [-0.15, -0.1) is 0 Å². The van der Waals surface area contributed by atoms with Crippen LogP contribution in [0.25, 0.3) is 0 Å². The van der Waals surface area contributed by atoms with Crippen LogP contribution in [0.5, 0.6) is 0 Å². The molecule has 1 aliphatic rings. The Hall–Kier alpha value is -1.32. The highest BCUT2D eigenvalue weighted by Gasteiger charge is 2.33. The van der Waals surface area contributed by atoms with Gasteiger partial charge in [-0.3, -0.25) is 4.79 Å². The van der Waals surface area contributed by atoms with E-state index < -0.39 is 0 Å². The summed E-state index contributed by atoms with van der Waals surface area (Å²) in [5.41, 5.74) is 1.19. The SMILES string of the molecule is Cc1nc(COC(=O)C2CCC(C(C)(C)C)CC2)oc1C. The van der Waals surface area contributed by atoms with Crippen LogP contribution in [-0.2, 0) is 16.1 Å². The standard InChI is InChI=1S/C17H27NO3/c1-11-12(2)21-15(18-11)10-20-16(19)13-6-8-14(9-7-13)17(3,4)5/h13-14H,6-10H2,1-5H3. The number of oxazole rings is 1. The number of hydrogen-bond acceptors (Lipinski definition) is 4. The molecule has 0 unspecified atom stereocenters. The maximum atomic E-state index is 12.1. The minimum atomic E-state index is -0.101. The lowest BCUT2D eigenvalue weighted by Gasteiger charge is -2.36. The largest absolute Gasteiger partial charge is 0.455 e. The number of esters is 1. The summed E-state index contributed by atoms with van der Waals surface area (Å²) in [6.07, 6.45) is 4.09. The van der Waals surface area contributed by atoms with E-state index in [-0.39, 0.29) is 18.5 Å². The quantitative estimate of drug-likeness (QED) is 0.784. The first-order chi connectivity index (χ1) is 9.77.